The fourth-order valence-corrected chi connectivity index (χ4v) is 5.20. The minimum absolute atomic E-state index is 0. The van der Waals surface area contributed by atoms with E-state index in [2.05, 4.69) is 10.3 Å². The Hall–Kier alpha value is -3.58. The van der Waals surface area contributed by atoms with Crippen molar-refractivity contribution in [2.45, 2.75) is 26.9 Å². The number of halogens is 2. The molecule has 0 aliphatic heterocycles. The number of aryl methyl sites for hydroxylation is 1. The Morgan fingerprint density at radius 1 is 0.762 bits per heavy atom. The summed E-state index contributed by atoms with van der Waals surface area (Å²) in [6.45, 7) is 4.60. The molecule has 8 nitrogen and oxygen atoms in total. The largest absolute Gasteiger partial charge is 1.00 e. The molecule has 0 amide bonds. The van der Waals surface area contributed by atoms with Crippen LogP contribution in [0.5, 0.6) is 0 Å². The zero-order valence-electron chi connectivity index (χ0n) is 22.6. The summed E-state index contributed by atoms with van der Waals surface area (Å²) in [5.74, 6) is 0.427. The first-order chi connectivity index (χ1) is 19.5. The van der Waals surface area contributed by atoms with Crippen LogP contribution in [0.4, 0.5) is 0 Å². The van der Waals surface area contributed by atoms with Crippen molar-refractivity contribution in [3.8, 4) is 22.5 Å². The molecule has 0 atom stereocenters. The summed E-state index contributed by atoms with van der Waals surface area (Å²) in [5, 5.41) is 9.83. The molecule has 6 rings (SSSR count). The van der Waals surface area contributed by atoms with Crippen LogP contribution in [-0.4, -0.2) is 21.9 Å². The lowest BCUT2D eigenvalue weighted by atomic mass is 10.1. The van der Waals surface area contributed by atoms with Gasteiger partial charge in [-0.05, 0) is 6.92 Å². The van der Waals surface area contributed by atoms with Gasteiger partial charge in [0.25, 0.3) is 11.6 Å². The molecule has 0 aliphatic carbocycles. The summed E-state index contributed by atoms with van der Waals surface area (Å²) in [4.78, 5) is 25.5. The number of rotatable bonds is 8. The zero-order chi connectivity index (χ0) is 27.9. The van der Waals surface area contributed by atoms with Crippen molar-refractivity contribution < 1.29 is 61.7 Å². The number of Topliss-reactive ketones (excluding diaryl/α,β-unsaturated/α-hetero) is 2. The van der Waals surface area contributed by atoms with Crippen LogP contribution in [0.3, 0.4) is 0 Å². The topological polar surface area (TPSA) is 94.0 Å². The molecule has 0 fully saturated rings. The van der Waals surface area contributed by atoms with Crippen LogP contribution in [0.1, 0.15) is 31.7 Å². The summed E-state index contributed by atoms with van der Waals surface area (Å²) in [7, 11) is 0. The Kier molecular flexibility index (Phi) is 12.2. The van der Waals surface area contributed by atoms with E-state index in [9.17, 15) is 9.59 Å². The van der Waals surface area contributed by atoms with Crippen LogP contribution in [0.2, 0.25) is 0 Å². The molecule has 0 aliphatic rings. The van der Waals surface area contributed by atoms with Crippen molar-refractivity contribution in [2.75, 3.05) is 0 Å². The van der Waals surface area contributed by atoms with Gasteiger partial charge in [0.15, 0.2) is 11.9 Å². The third-order valence-electron chi connectivity index (χ3n) is 6.17. The molecule has 2 aromatic carbocycles. The van der Waals surface area contributed by atoms with Crippen LogP contribution in [0.25, 0.3) is 22.5 Å². The molecule has 0 saturated carbocycles. The van der Waals surface area contributed by atoms with Crippen molar-refractivity contribution >= 4 is 34.2 Å². The van der Waals surface area contributed by atoms with Crippen molar-refractivity contribution in [1.29, 1.82) is 0 Å². The smallest absolute Gasteiger partial charge is 0.265 e. The minimum atomic E-state index is -0.0851. The van der Waals surface area contributed by atoms with E-state index in [0.29, 0.717) is 17.1 Å². The van der Waals surface area contributed by atoms with E-state index in [1.54, 1.807) is 34.8 Å². The van der Waals surface area contributed by atoms with Crippen LogP contribution in [0, 0.1) is 13.8 Å². The predicted molar refractivity (Wildman–Crippen MR) is 151 cm³/mol. The second-order valence-corrected chi connectivity index (χ2v) is 10.7. The number of ketones is 2. The van der Waals surface area contributed by atoms with Gasteiger partial charge in [0.05, 0.1) is 10.3 Å². The van der Waals surface area contributed by atoms with Gasteiger partial charge in [-0.15, -0.1) is 0 Å². The van der Waals surface area contributed by atoms with E-state index in [1.165, 1.54) is 4.88 Å². The number of aromatic nitrogens is 4. The zero-order valence-corrected chi connectivity index (χ0v) is 27.5. The first-order valence-corrected chi connectivity index (χ1v) is 14.3. The van der Waals surface area contributed by atoms with Crippen molar-refractivity contribution in [1.82, 2.24) is 10.3 Å². The van der Waals surface area contributed by atoms with Gasteiger partial charge in [-0.2, -0.15) is 9.13 Å². The van der Waals surface area contributed by atoms with Crippen LogP contribution in [-0.2, 0) is 13.1 Å². The van der Waals surface area contributed by atoms with Gasteiger partial charge in [0.1, 0.15) is 11.4 Å². The average molecular weight is 731 g/mol. The number of nitrogens with zero attached hydrogens (tertiary/aromatic N) is 4. The number of benzene rings is 2. The molecule has 12 heteroatoms. The maximum absolute atomic E-state index is 12.3. The molecular weight excluding hydrogens is 704 g/mol. The molecule has 0 N–H and O–H groups in total. The van der Waals surface area contributed by atoms with Gasteiger partial charge in [-0.3, -0.25) is 9.59 Å². The molecule has 0 spiro atoms. The van der Waals surface area contributed by atoms with Crippen LogP contribution >= 0.6 is 22.7 Å². The Labute approximate surface area is 271 Å². The van der Waals surface area contributed by atoms with Gasteiger partial charge in [-0.25, -0.2) is 0 Å². The third-order valence-corrected chi connectivity index (χ3v) is 7.85. The highest BCUT2D eigenvalue weighted by Crippen LogP contribution is 2.20. The van der Waals surface area contributed by atoms with Gasteiger partial charge < -0.3 is 43.0 Å². The molecule has 42 heavy (non-hydrogen) atoms. The van der Waals surface area contributed by atoms with Crippen molar-refractivity contribution in [3.05, 3.63) is 117 Å². The lowest BCUT2D eigenvalue weighted by Crippen LogP contribution is -3.00. The summed E-state index contributed by atoms with van der Waals surface area (Å²) < 4.78 is 14.1. The lowest BCUT2D eigenvalue weighted by Gasteiger charge is -1.93. The van der Waals surface area contributed by atoms with Crippen LogP contribution in [0.15, 0.2) is 104 Å². The molecule has 6 aromatic rings. The third kappa shape index (κ3) is 8.25. The SMILES string of the molecule is Cc1sc[n+](CC(=O)c2cc(-c3ccccc3)no2)c1C.O=C(C[n+]1ccsc1)c1cc(-c2ccccc2)no1.[Br-].[Br-]. The van der Waals surface area contributed by atoms with Crippen molar-refractivity contribution in [3.63, 3.8) is 0 Å². The number of carbonyl (C=O) groups is 2. The fourth-order valence-electron chi connectivity index (χ4n) is 3.80. The summed E-state index contributed by atoms with van der Waals surface area (Å²) in [5.41, 5.74) is 8.19. The fraction of sp³-hybridized carbons (Fsp3) is 0.133. The second-order valence-electron chi connectivity index (χ2n) is 8.92. The maximum atomic E-state index is 12.3. The summed E-state index contributed by atoms with van der Waals surface area (Å²) in [6.07, 6.45) is 1.86. The van der Waals surface area contributed by atoms with Gasteiger partial charge in [-0.1, -0.05) is 93.7 Å². The molecule has 216 valence electrons. The van der Waals surface area contributed by atoms with E-state index >= 15 is 0 Å². The quantitative estimate of drug-likeness (QED) is 0.159. The van der Waals surface area contributed by atoms with Crippen LogP contribution < -0.4 is 43.1 Å². The normalized spacial score (nSPS) is 10.1. The standard InChI is InChI=1S/C16H15N2O2S.C14H11N2O2S.2BrH/c1-11-12(2)21-10-18(11)9-15(19)16-8-14(17-20-16)13-6-4-3-5-7-13;17-13(9-16-6-7-19-10-16)14-8-12(15-18-14)11-4-2-1-3-5-11;;/h3-8,10H,9H2,1-2H3;1-8,10H,9H2;2*1H/q2*+1;;/p-2. The molecule has 0 bridgehead atoms. The second kappa shape index (κ2) is 15.6. The molecule has 0 unspecified atom stereocenters. The van der Waals surface area contributed by atoms with E-state index in [4.69, 9.17) is 9.05 Å². The Morgan fingerprint density at radius 3 is 1.74 bits per heavy atom. The average Bonchev–Trinajstić information content (AvgIpc) is 3.81. The number of thiazole rings is 2. The minimum Gasteiger partial charge on any atom is -1.00 e. The molecule has 0 saturated heterocycles. The first kappa shape index (κ1) is 32.9. The Balaban J connectivity index is 0.000000221. The van der Waals surface area contributed by atoms with Gasteiger partial charge in [0.2, 0.25) is 35.6 Å². The molecule has 4 aromatic heterocycles. The lowest BCUT2D eigenvalue weighted by molar-refractivity contribution is -0.684. The molecule has 4 heterocycles. The number of hydrogen-bond acceptors (Lipinski definition) is 8. The molecule has 0 radical (unpaired) electrons. The Morgan fingerprint density at radius 2 is 1.29 bits per heavy atom. The predicted octanol–water partition coefficient (Wildman–Crippen LogP) is -0.228. The molecular formula is C30H26Br2N4O4S2. The first-order valence-electron chi connectivity index (χ1n) is 12.4. The van der Waals surface area contributed by atoms with Gasteiger partial charge in [0, 0.05) is 30.2 Å². The summed E-state index contributed by atoms with van der Waals surface area (Å²) >= 11 is 3.18. The number of carbonyl (C=O) groups excluding carboxylic acids is 2. The highest BCUT2D eigenvalue weighted by molar-refractivity contribution is 7.09. The van der Waals surface area contributed by atoms with E-state index in [0.717, 1.165) is 16.8 Å². The highest BCUT2D eigenvalue weighted by atomic mass is 79.9. The summed E-state index contributed by atoms with van der Waals surface area (Å²) in [6, 6.07) is 22.7. The number of hydrogen-bond donors (Lipinski definition) is 0. The van der Waals surface area contributed by atoms with E-state index in [-0.39, 0.29) is 64.4 Å². The Bertz CT molecular complexity index is 1720. The monoisotopic (exact) mass is 728 g/mol. The maximum Gasteiger partial charge on any atom is 0.265 e. The van der Waals surface area contributed by atoms with Gasteiger partial charge >= 0.3 is 0 Å². The van der Waals surface area contributed by atoms with Crippen molar-refractivity contribution in [2.24, 2.45) is 0 Å². The van der Waals surface area contributed by atoms with E-state index in [1.807, 2.05) is 106 Å². The highest BCUT2D eigenvalue weighted by Gasteiger charge is 2.21. The van der Waals surface area contributed by atoms with E-state index < -0.39 is 0 Å².